The normalized spacial score (nSPS) is 13.3. The molecule has 2 N–H and O–H groups in total. The number of nitrogens with zero attached hydrogens (tertiary/aromatic N) is 1. The first-order chi connectivity index (χ1) is 16.4. The fourth-order valence-electron chi connectivity index (χ4n) is 3.82. The summed E-state index contributed by atoms with van der Waals surface area (Å²) in [5, 5.41) is 5.79. The van der Waals surface area contributed by atoms with Crippen LogP contribution in [0.15, 0.2) is 66.7 Å². The van der Waals surface area contributed by atoms with E-state index in [1.54, 1.807) is 65.6 Å². The highest BCUT2D eigenvalue weighted by Gasteiger charge is 2.21. The van der Waals surface area contributed by atoms with Crippen LogP contribution in [0.1, 0.15) is 42.2 Å². The number of hydrogen-bond donors (Lipinski definition) is 2. The number of ether oxygens (including phenoxy) is 1. The maximum atomic E-state index is 13.0. The Kier molecular flexibility index (Phi) is 7.04. The summed E-state index contributed by atoms with van der Waals surface area (Å²) < 4.78 is 5.33. The minimum atomic E-state index is -0.325. The Hall–Kier alpha value is -3.97. The van der Waals surface area contributed by atoms with Crippen molar-refractivity contribution in [3.63, 3.8) is 0 Å². The van der Waals surface area contributed by atoms with Gasteiger partial charge in [0.1, 0.15) is 0 Å². The molecule has 7 nitrogen and oxygen atoms in total. The van der Waals surface area contributed by atoms with E-state index in [4.69, 9.17) is 4.74 Å². The predicted octanol–water partition coefficient (Wildman–Crippen LogP) is 4.28. The number of anilines is 2. The zero-order valence-electron chi connectivity index (χ0n) is 19.3. The lowest BCUT2D eigenvalue weighted by molar-refractivity contribution is 0.0302. The van der Waals surface area contributed by atoms with Crippen LogP contribution in [0, 0.1) is 13.8 Å². The quantitative estimate of drug-likeness (QED) is 0.599. The first kappa shape index (κ1) is 23.2. The van der Waals surface area contributed by atoms with Crippen LogP contribution < -0.4 is 10.6 Å². The highest BCUT2D eigenvalue weighted by Crippen LogP contribution is 2.23. The van der Waals surface area contributed by atoms with Crippen molar-refractivity contribution in [2.75, 3.05) is 36.9 Å². The highest BCUT2D eigenvalue weighted by molar-refractivity contribution is 6.08. The molecule has 0 radical (unpaired) electrons. The second-order valence-electron chi connectivity index (χ2n) is 8.19. The zero-order valence-corrected chi connectivity index (χ0v) is 19.3. The summed E-state index contributed by atoms with van der Waals surface area (Å²) in [7, 11) is 0. The Bertz CT molecular complexity index is 1220. The second kappa shape index (κ2) is 10.3. The van der Waals surface area contributed by atoms with E-state index in [1.807, 2.05) is 19.9 Å². The van der Waals surface area contributed by atoms with Crippen LogP contribution in [-0.2, 0) is 4.74 Å². The van der Waals surface area contributed by atoms with Crippen LogP contribution >= 0.6 is 0 Å². The molecular formula is C27H27N3O4. The molecule has 7 heteroatoms. The number of carbonyl (C=O) groups is 3. The summed E-state index contributed by atoms with van der Waals surface area (Å²) in [6.07, 6.45) is 0. The Balaban J connectivity index is 1.51. The van der Waals surface area contributed by atoms with Gasteiger partial charge in [-0.15, -0.1) is 0 Å². The lowest BCUT2D eigenvalue weighted by Gasteiger charge is -2.27. The SMILES string of the molecule is Cc1ccc(C(=O)Nc2cccc(C(=O)N3CCOCC3)c2C)cc1NC(=O)c1ccccc1. The third kappa shape index (κ3) is 5.15. The fourth-order valence-corrected chi connectivity index (χ4v) is 3.82. The maximum absolute atomic E-state index is 13.0. The third-order valence-corrected chi connectivity index (χ3v) is 5.89. The molecule has 34 heavy (non-hydrogen) atoms. The molecular weight excluding hydrogens is 430 g/mol. The first-order valence-electron chi connectivity index (χ1n) is 11.2. The molecule has 0 atom stereocenters. The van der Waals surface area contributed by atoms with Crippen molar-refractivity contribution >= 4 is 29.1 Å². The first-order valence-corrected chi connectivity index (χ1v) is 11.2. The minimum Gasteiger partial charge on any atom is -0.378 e. The van der Waals surface area contributed by atoms with Crippen LogP contribution in [0.3, 0.4) is 0 Å². The molecule has 3 aromatic rings. The molecule has 1 aliphatic heterocycles. The summed E-state index contributed by atoms with van der Waals surface area (Å²) in [5.41, 5.74) is 4.17. The largest absolute Gasteiger partial charge is 0.378 e. The van der Waals surface area contributed by atoms with Gasteiger partial charge in [0.05, 0.1) is 13.2 Å². The van der Waals surface area contributed by atoms with E-state index in [2.05, 4.69) is 10.6 Å². The number of carbonyl (C=O) groups excluding carboxylic acids is 3. The number of rotatable bonds is 5. The number of aryl methyl sites for hydroxylation is 1. The van der Waals surface area contributed by atoms with Gasteiger partial charge in [0, 0.05) is 41.2 Å². The van der Waals surface area contributed by atoms with E-state index >= 15 is 0 Å². The third-order valence-electron chi connectivity index (χ3n) is 5.89. The number of morpholine rings is 1. The molecule has 0 saturated carbocycles. The van der Waals surface area contributed by atoms with Crippen molar-refractivity contribution in [3.05, 3.63) is 94.5 Å². The molecule has 0 aromatic heterocycles. The fraction of sp³-hybridized carbons (Fsp3) is 0.222. The van der Waals surface area contributed by atoms with Gasteiger partial charge in [-0.05, 0) is 61.4 Å². The molecule has 4 rings (SSSR count). The van der Waals surface area contributed by atoms with Crippen LogP contribution in [0.25, 0.3) is 0 Å². The van der Waals surface area contributed by atoms with Gasteiger partial charge in [0.25, 0.3) is 17.7 Å². The van der Waals surface area contributed by atoms with Gasteiger partial charge < -0.3 is 20.3 Å². The molecule has 0 bridgehead atoms. The standard InChI is InChI=1S/C27H27N3O4/c1-18-11-12-21(17-24(18)29-25(31)20-7-4-3-5-8-20)26(32)28-23-10-6-9-22(19(23)2)27(33)30-13-15-34-16-14-30/h3-12,17H,13-16H2,1-2H3,(H,28,32)(H,29,31). The van der Waals surface area contributed by atoms with E-state index in [0.717, 1.165) is 5.56 Å². The van der Waals surface area contributed by atoms with Crippen LogP contribution in [0.2, 0.25) is 0 Å². The van der Waals surface area contributed by atoms with Crippen molar-refractivity contribution < 1.29 is 19.1 Å². The van der Waals surface area contributed by atoms with E-state index in [9.17, 15) is 14.4 Å². The Morgan fingerprint density at radius 3 is 2.18 bits per heavy atom. The van der Waals surface area contributed by atoms with Crippen LogP contribution in [-0.4, -0.2) is 48.9 Å². The van der Waals surface area contributed by atoms with Gasteiger partial charge in [-0.25, -0.2) is 0 Å². The van der Waals surface area contributed by atoms with E-state index in [0.29, 0.717) is 59.9 Å². The molecule has 1 fully saturated rings. The van der Waals surface area contributed by atoms with Gasteiger partial charge in [0.2, 0.25) is 0 Å². The van der Waals surface area contributed by atoms with Crippen molar-refractivity contribution in [1.29, 1.82) is 0 Å². The topological polar surface area (TPSA) is 87.7 Å². The van der Waals surface area contributed by atoms with Gasteiger partial charge in [-0.1, -0.05) is 30.3 Å². The zero-order chi connectivity index (χ0) is 24.1. The van der Waals surface area contributed by atoms with Gasteiger partial charge in [-0.2, -0.15) is 0 Å². The molecule has 0 unspecified atom stereocenters. The molecule has 1 saturated heterocycles. The molecule has 3 aromatic carbocycles. The highest BCUT2D eigenvalue weighted by atomic mass is 16.5. The summed E-state index contributed by atoms with van der Waals surface area (Å²) >= 11 is 0. The van der Waals surface area contributed by atoms with Gasteiger partial charge in [-0.3, -0.25) is 14.4 Å². The minimum absolute atomic E-state index is 0.0712. The van der Waals surface area contributed by atoms with Crippen molar-refractivity contribution in [3.8, 4) is 0 Å². The number of hydrogen-bond acceptors (Lipinski definition) is 4. The smallest absolute Gasteiger partial charge is 0.255 e. The predicted molar refractivity (Wildman–Crippen MR) is 131 cm³/mol. The van der Waals surface area contributed by atoms with Gasteiger partial charge >= 0.3 is 0 Å². The van der Waals surface area contributed by atoms with Gasteiger partial charge in [0.15, 0.2) is 0 Å². The Morgan fingerprint density at radius 2 is 1.44 bits per heavy atom. The molecule has 0 aliphatic carbocycles. The van der Waals surface area contributed by atoms with Crippen molar-refractivity contribution in [2.24, 2.45) is 0 Å². The molecule has 174 valence electrons. The summed E-state index contributed by atoms with van der Waals surface area (Å²) in [4.78, 5) is 40.3. The summed E-state index contributed by atoms with van der Waals surface area (Å²) in [6, 6.07) is 19.4. The number of amides is 3. The lowest BCUT2D eigenvalue weighted by Crippen LogP contribution is -2.41. The average molecular weight is 458 g/mol. The monoisotopic (exact) mass is 457 g/mol. The molecule has 0 spiro atoms. The summed E-state index contributed by atoms with van der Waals surface area (Å²) in [6.45, 7) is 5.85. The van der Waals surface area contributed by atoms with E-state index in [1.165, 1.54) is 0 Å². The van der Waals surface area contributed by atoms with Crippen LogP contribution in [0.5, 0.6) is 0 Å². The van der Waals surface area contributed by atoms with E-state index in [-0.39, 0.29) is 17.7 Å². The summed E-state index contributed by atoms with van der Waals surface area (Å²) in [5.74, 6) is -0.640. The van der Waals surface area contributed by atoms with Crippen molar-refractivity contribution in [2.45, 2.75) is 13.8 Å². The van der Waals surface area contributed by atoms with Crippen molar-refractivity contribution in [1.82, 2.24) is 4.90 Å². The lowest BCUT2D eigenvalue weighted by atomic mass is 10.0. The van der Waals surface area contributed by atoms with Crippen LogP contribution in [0.4, 0.5) is 11.4 Å². The average Bonchev–Trinajstić information content (AvgIpc) is 2.87. The Labute approximate surface area is 198 Å². The second-order valence-corrected chi connectivity index (χ2v) is 8.19. The molecule has 1 heterocycles. The molecule has 1 aliphatic rings. The maximum Gasteiger partial charge on any atom is 0.255 e. The molecule has 3 amide bonds. The van der Waals surface area contributed by atoms with E-state index < -0.39 is 0 Å². The number of benzene rings is 3. The Morgan fingerprint density at radius 1 is 0.765 bits per heavy atom. The number of nitrogens with one attached hydrogen (secondary N) is 2.